The van der Waals surface area contributed by atoms with Crippen LogP contribution in [0.1, 0.15) is 5.56 Å². The molecular formula is C11H14ClN. The Bertz CT molecular complexity index is 287. The summed E-state index contributed by atoms with van der Waals surface area (Å²) in [5, 5.41) is 0. The third kappa shape index (κ3) is 2.49. The molecular weight excluding hydrogens is 182 g/mol. The normalized spacial score (nSPS) is 9.77. The molecule has 13 heavy (non-hydrogen) atoms. The van der Waals surface area contributed by atoms with E-state index in [9.17, 15) is 0 Å². The number of alkyl halides is 1. The van der Waals surface area contributed by atoms with Crippen LogP contribution in [0.3, 0.4) is 0 Å². The van der Waals surface area contributed by atoms with Gasteiger partial charge in [0.05, 0.1) is 0 Å². The van der Waals surface area contributed by atoms with Crippen molar-refractivity contribution in [3.05, 3.63) is 36.4 Å². The quantitative estimate of drug-likeness (QED) is 0.671. The lowest BCUT2D eigenvalue weighted by Crippen LogP contribution is -2.08. The zero-order valence-electron chi connectivity index (χ0n) is 8.05. The molecule has 1 aromatic carbocycles. The van der Waals surface area contributed by atoms with Crippen molar-refractivity contribution >= 4 is 22.9 Å². The predicted octanol–water partition coefficient (Wildman–Crippen LogP) is 3.00. The minimum Gasteiger partial charge on any atom is -0.378 e. The minimum atomic E-state index is 0.487. The summed E-state index contributed by atoms with van der Waals surface area (Å²) in [7, 11) is 4.04. The maximum Gasteiger partial charge on any atom is 0.0474 e. The van der Waals surface area contributed by atoms with Gasteiger partial charge in [-0.3, -0.25) is 0 Å². The standard InChI is InChI=1S/C11H14ClN/c1-9(8-12)10-4-6-11(7-5-10)13(2)3/h4-7H,1,8H2,2-3H3. The van der Waals surface area contributed by atoms with E-state index in [4.69, 9.17) is 11.6 Å². The van der Waals surface area contributed by atoms with Gasteiger partial charge in [0, 0.05) is 25.7 Å². The fourth-order valence-corrected chi connectivity index (χ4v) is 1.23. The van der Waals surface area contributed by atoms with Gasteiger partial charge in [-0.25, -0.2) is 0 Å². The molecule has 0 aliphatic rings. The van der Waals surface area contributed by atoms with Gasteiger partial charge in [0.25, 0.3) is 0 Å². The molecule has 0 bridgehead atoms. The molecule has 0 saturated carbocycles. The molecule has 0 aliphatic carbocycles. The summed E-state index contributed by atoms with van der Waals surface area (Å²) >= 11 is 5.68. The van der Waals surface area contributed by atoms with Gasteiger partial charge in [-0.05, 0) is 23.3 Å². The van der Waals surface area contributed by atoms with Crippen LogP contribution in [0.4, 0.5) is 5.69 Å². The Morgan fingerprint density at radius 2 is 1.85 bits per heavy atom. The summed E-state index contributed by atoms with van der Waals surface area (Å²) < 4.78 is 0. The number of hydrogen-bond donors (Lipinski definition) is 0. The first-order valence-electron chi connectivity index (χ1n) is 4.16. The van der Waals surface area contributed by atoms with Crippen LogP contribution < -0.4 is 4.90 Å². The number of allylic oxidation sites excluding steroid dienone is 1. The monoisotopic (exact) mass is 195 g/mol. The molecule has 1 aromatic rings. The van der Waals surface area contributed by atoms with Crippen molar-refractivity contribution in [3.8, 4) is 0 Å². The van der Waals surface area contributed by atoms with Crippen molar-refractivity contribution in [2.24, 2.45) is 0 Å². The number of benzene rings is 1. The highest BCUT2D eigenvalue weighted by Crippen LogP contribution is 2.18. The number of anilines is 1. The molecule has 0 aliphatic heterocycles. The van der Waals surface area contributed by atoms with Gasteiger partial charge in [-0.1, -0.05) is 18.7 Å². The van der Waals surface area contributed by atoms with E-state index in [1.165, 1.54) is 5.69 Å². The third-order valence-corrected chi connectivity index (χ3v) is 2.28. The van der Waals surface area contributed by atoms with Crippen LogP contribution in [0, 0.1) is 0 Å². The van der Waals surface area contributed by atoms with Gasteiger partial charge in [-0.2, -0.15) is 0 Å². The minimum absolute atomic E-state index is 0.487. The summed E-state index contributed by atoms with van der Waals surface area (Å²) in [5.74, 6) is 0.487. The Labute approximate surface area is 84.6 Å². The molecule has 70 valence electrons. The zero-order valence-corrected chi connectivity index (χ0v) is 8.80. The third-order valence-electron chi connectivity index (χ3n) is 1.95. The predicted molar refractivity (Wildman–Crippen MR) is 60.5 cm³/mol. The van der Waals surface area contributed by atoms with Crippen LogP contribution >= 0.6 is 11.6 Å². The lowest BCUT2D eigenvalue weighted by atomic mass is 10.1. The van der Waals surface area contributed by atoms with Gasteiger partial charge in [0.1, 0.15) is 0 Å². The molecule has 0 N–H and O–H groups in total. The second-order valence-electron chi connectivity index (χ2n) is 3.18. The van der Waals surface area contributed by atoms with Gasteiger partial charge < -0.3 is 4.90 Å². The molecule has 0 spiro atoms. The van der Waals surface area contributed by atoms with Crippen LogP contribution in [-0.4, -0.2) is 20.0 Å². The zero-order chi connectivity index (χ0) is 9.84. The number of hydrogen-bond acceptors (Lipinski definition) is 1. The maximum atomic E-state index is 5.68. The Kier molecular flexibility index (Phi) is 3.38. The van der Waals surface area contributed by atoms with E-state index < -0.39 is 0 Å². The Balaban J connectivity index is 2.87. The van der Waals surface area contributed by atoms with Crippen LogP contribution in [0.5, 0.6) is 0 Å². The summed E-state index contributed by atoms with van der Waals surface area (Å²) in [4.78, 5) is 2.06. The van der Waals surface area contributed by atoms with E-state index in [2.05, 4.69) is 23.6 Å². The smallest absolute Gasteiger partial charge is 0.0474 e. The summed E-state index contributed by atoms with van der Waals surface area (Å²) in [5.41, 5.74) is 3.26. The number of rotatable bonds is 3. The van der Waals surface area contributed by atoms with E-state index in [0.717, 1.165) is 11.1 Å². The van der Waals surface area contributed by atoms with Crippen LogP contribution in [0.25, 0.3) is 5.57 Å². The lowest BCUT2D eigenvalue weighted by molar-refractivity contribution is 1.13. The molecule has 0 saturated heterocycles. The van der Waals surface area contributed by atoms with E-state index >= 15 is 0 Å². The largest absolute Gasteiger partial charge is 0.378 e. The molecule has 0 aromatic heterocycles. The molecule has 0 amide bonds. The van der Waals surface area contributed by atoms with Crippen LogP contribution in [-0.2, 0) is 0 Å². The Morgan fingerprint density at radius 3 is 2.23 bits per heavy atom. The summed E-state index contributed by atoms with van der Waals surface area (Å²) in [6.07, 6.45) is 0. The topological polar surface area (TPSA) is 3.24 Å². The van der Waals surface area contributed by atoms with Crippen molar-refractivity contribution in [2.75, 3.05) is 24.9 Å². The maximum absolute atomic E-state index is 5.68. The molecule has 0 radical (unpaired) electrons. The van der Waals surface area contributed by atoms with Crippen molar-refractivity contribution < 1.29 is 0 Å². The van der Waals surface area contributed by atoms with Crippen LogP contribution in [0.2, 0.25) is 0 Å². The van der Waals surface area contributed by atoms with Gasteiger partial charge in [0.15, 0.2) is 0 Å². The molecule has 1 nitrogen and oxygen atoms in total. The van der Waals surface area contributed by atoms with E-state index in [1.54, 1.807) is 0 Å². The first-order valence-corrected chi connectivity index (χ1v) is 4.70. The number of nitrogens with zero attached hydrogens (tertiary/aromatic N) is 1. The fraction of sp³-hybridized carbons (Fsp3) is 0.273. The first-order chi connectivity index (χ1) is 6.15. The highest BCUT2D eigenvalue weighted by Gasteiger charge is 1.98. The fourth-order valence-electron chi connectivity index (χ4n) is 1.07. The van der Waals surface area contributed by atoms with Gasteiger partial charge in [-0.15, -0.1) is 11.6 Å². The average Bonchev–Trinajstić information content (AvgIpc) is 2.17. The Hall–Kier alpha value is -0.950. The first kappa shape index (κ1) is 10.1. The second kappa shape index (κ2) is 4.33. The second-order valence-corrected chi connectivity index (χ2v) is 3.45. The SMILES string of the molecule is C=C(CCl)c1ccc(N(C)C)cc1. The molecule has 0 heterocycles. The van der Waals surface area contributed by atoms with E-state index in [1.807, 2.05) is 26.2 Å². The van der Waals surface area contributed by atoms with Gasteiger partial charge >= 0.3 is 0 Å². The summed E-state index contributed by atoms with van der Waals surface area (Å²) in [6, 6.07) is 8.21. The highest BCUT2D eigenvalue weighted by molar-refractivity contribution is 6.23. The molecule has 2 heteroatoms. The molecule has 0 atom stereocenters. The van der Waals surface area contributed by atoms with Crippen molar-refractivity contribution in [2.45, 2.75) is 0 Å². The summed E-state index contributed by atoms with van der Waals surface area (Å²) in [6.45, 7) is 3.87. The van der Waals surface area contributed by atoms with Crippen LogP contribution in [0.15, 0.2) is 30.8 Å². The van der Waals surface area contributed by atoms with Crippen molar-refractivity contribution in [3.63, 3.8) is 0 Å². The van der Waals surface area contributed by atoms with Crippen molar-refractivity contribution in [1.82, 2.24) is 0 Å². The number of halogens is 1. The van der Waals surface area contributed by atoms with Gasteiger partial charge in [0.2, 0.25) is 0 Å². The molecule has 0 fully saturated rings. The van der Waals surface area contributed by atoms with Crippen molar-refractivity contribution in [1.29, 1.82) is 0 Å². The highest BCUT2D eigenvalue weighted by atomic mass is 35.5. The molecule has 1 rings (SSSR count). The van der Waals surface area contributed by atoms with E-state index in [0.29, 0.717) is 5.88 Å². The molecule has 0 unspecified atom stereocenters. The van der Waals surface area contributed by atoms with E-state index in [-0.39, 0.29) is 0 Å². The lowest BCUT2D eigenvalue weighted by Gasteiger charge is -2.12. The average molecular weight is 196 g/mol. The Morgan fingerprint density at radius 1 is 1.31 bits per heavy atom.